The number of rotatable bonds is 5. The van der Waals surface area contributed by atoms with Crippen molar-refractivity contribution in [3.05, 3.63) is 52.5 Å². The number of aromatic nitrogens is 1. The molecule has 2 nitrogen and oxygen atoms in total. The lowest BCUT2D eigenvalue weighted by atomic mass is 10.3. The lowest BCUT2D eigenvalue weighted by molar-refractivity contribution is 0.245. The van der Waals surface area contributed by atoms with Crippen LogP contribution in [0.15, 0.2) is 41.9 Å². The number of hydrogen-bond acceptors (Lipinski definition) is 3. The highest BCUT2D eigenvalue weighted by atomic mass is 32.1. The Morgan fingerprint density at radius 1 is 1.18 bits per heavy atom. The third kappa shape index (κ3) is 2.93. The van der Waals surface area contributed by atoms with Gasteiger partial charge in [-0.2, -0.15) is 0 Å². The van der Waals surface area contributed by atoms with Crippen LogP contribution in [0.5, 0.6) is 0 Å². The SMILES string of the molecule is c1ccc(CN(Cc2cccs2)C2CC2)nc1. The summed E-state index contributed by atoms with van der Waals surface area (Å²) in [7, 11) is 0. The minimum absolute atomic E-state index is 0.777. The van der Waals surface area contributed by atoms with Gasteiger partial charge in [0.25, 0.3) is 0 Å². The Labute approximate surface area is 106 Å². The lowest BCUT2D eigenvalue weighted by Crippen LogP contribution is -2.25. The van der Waals surface area contributed by atoms with Crippen LogP contribution in [0.4, 0.5) is 0 Å². The van der Waals surface area contributed by atoms with Crippen molar-refractivity contribution in [3.8, 4) is 0 Å². The molecule has 0 saturated heterocycles. The summed E-state index contributed by atoms with van der Waals surface area (Å²) in [4.78, 5) is 8.42. The van der Waals surface area contributed by atoms with E-state index < -0.39 is 0 Å². The predicted molar refractivity (Wildman–Crippen MR) is 70.8 cm³/mol. The summed E-state index contributed by atoms with van der Waals surface area (Å²) in [6.45, 7) is 2.04. The first-order chi connectivity index (χ1) is 8.42. The maximum Gasteiger partial charge on any atom is 0.0544 e. The van der Waals surface area contributed by atoms with Crippen molar-refractivity contribution in [2.75, 3.05) is 0 Å². The molecule has 2 aromatic heterocycles. The van der Waals surface area contributed by atoms with Crippen LogP contribution in [0.3, 0.4) is 0 Å². The van der Waals surface area contributed by atoms with E-state index in [-0.39, 0.29) is 0 Å². The summed E-state index contributed by atoms with van der Waals surface area (Å²) < 4.78 is 0. The number of nitrogens with zero attached hydrogens (tertiary/aromatic N) is 2. The average Bonchev–Trinajstić information content (AvgIpc) is 3.09. The monoisotopic (exact) mass is 244 g/mol. The average molecular weight is 244 g/mol. The van der Waals surface area contributed by atoms with E-state index >= 15 is 0 Å². The van der Waals surface area contributed by atoms with Gasteiger partial charge in [-0.3, -0.25) is 9.88 Å². The Balaban J connectivity index is 1.68. The summed E-state index contributed by atoms with van der Waals surface area (Å²) in [6.07, 6.45) is 4.57. The highest BCUT2D eigenvalue weighted by Gasteiger charge is 2.29. The summed E-state index contributed by atoms with van der Waals surface area (Å²) >= 11 is 1.84. The van der Waals surface area contributed by atoms with Gasteiger partial charge in [-0.05, 0) is 36.4 Å². The number of pyridine rings is 1. The molecule has 0 N–H and O–H groups in total. The zero-order chi connectivity index (χ0) is 11.5. The molecule has 1 aliphatic carbocycles. The maximum atomic E-state index is 4.42. The van der Waals surface area contributed by atoms with Gasteiger partial charge in [0.2, 0.25) is 0 Å². The molecule has 0 amide bonds. The summed E-state index contributed by atoms with van der Waals surface area (Å²) in [5, 5.41) is 2.15. The van der Waals surface area contributed by atoms with Crippen LogP contribution in [-0.2, 0) is 13.1 Å². The smallest absolute Gasteiger partial charge is 0.0544 e. The third-order valence-electron chi connectivity index (χ3n) is 3.09. The molecule has 2 heterocycles. The molecule has 3 heteroatoms. The van der Waals surface area contributed by atoms with Gasteiger partial charge in [0, 0.05) is 30.2 Å². The molecule has 88 valence electrons. The molecule has 0 aromatic carbocycles. The largest absolute Gasteiger partial charge is 0.289 e. The Kier molecular flexibility index (Phi) is 3.20. The first-order valence-corrected chi connectivity index (χ1v) is 6.96. The highest BCUT2D eigenvalue weighted by molar-refractivity contribution is 7.09. The van der Waals surface area contributed by atoms with E-state index in [9.17, 15) is 0 Å². The van der Waals surface area contributed by atoms with Crippen molar-refractivity contribution >= 4 is 11.3 Å². The van der Waals surface area contributed by atoms with E-state index in [1.807, 2.05) is 23.6 Å². The second kappa shape index (κ2) is 4.98. The third-order valence-corrected chi connectivity index (χ3v) is 3.95. The highest BCUT2D eigenvalue weighted by Crippen LogP contribution is 2.30. The van der Waals surface area contributed by atoms with E-state index in [0.29, 0.717) is 0 Å². The first kappa shape index (κ1) is 10.9. The van der Waals surface area contributed by atoms with Crippen molar-refractivity contribution in [3.63, 3.8) is 0 Å². The van der Waals surface area contributed by atoms with Crippen molar-refractivity contribution < 1.29 is 0 Å². The molecule has 1 saturated carbocycles. The molecule has 0 spiro atoms. The first-order valence-electron chi connectivity index (χ1n) is 6.08. The molecule has 1 fully saturated rings. The van der Waals surface area contributed by atoms with Gasteiger partial charge < -0.3 is 0 Å². The summed E-state index contributed by atoms with van der Waals surface area (Å²) in [6, 6.07) is 11.3. The van der Waals surface area contributed by atoms with E-state index in [0.717, 1.165) is 19.1 Å². The van der Waals surface area contributed by atoms with Crippen molar-refractivity contribution in [2.24, 2.45) is 0 Å². The van der Waals surface area contributed by atoms with Crippen LogP contribution in [-0.4, -0.2) is 15.9 Å². The van der Waals surface area contributed by atoms with E-state index in [2.05, 4.69) is 39.5 Å². The van der Waals surface area contributed by atoms with Gasteiger partial charge in [0.05, 0.1) is 5.69 Å². The quantitative estimate of drug-likeness (QED) is 0.802. The van der Waals surface area contributed by atoms with Gasteiger partial charge in [-0.25, -0.2) is 0 Å². The van der Waals surface area contributed by atoms with E-state index in [1.165, 1.54) is 23.4 Å². The molecular weight excluding hydrogens is 228 g/mol. The molecular formula is C14H16N2S. The Morgan fingerprint density at radius 2 is 2.12 bits per heavy atom. The number of thiophene rings is 1. The molecule has 0 atom stereocenters. The van der Waals surface area contributed by atoms with E-state index in [1.54, 1.807) is 0 Å². The van der Waals surface area contributed by atoms with Gasteiger partial charge >= 0.3 is 0 Å². The van der Waals surface area contributed by atoms with Crippen molar-refractivity contribution in [1.82, 2.24) is 9.88 Å². The summed E-state index contributed by atoms with van der Waals surface area (Å²) in [5.41, 5.74) is 1.18. The molecule has 2 aromatic rings. The summed E-state index contributed by atoms with van der Waals surface area (Å²) in [5.74, 6) is 0. The fourth-order valence-corrected chi connectivity index (χ4v) is 2.79. The fraction of sp³-hybridized carbons (Fsp3) is 0.357. The maximum absolute atomic E-state index is 4.42. The molecule has 0 bridgehead atoms. The van der Waals surface area contributed by atoms with Crippen LogP contribution < -0.4 is 0 Å². The topological polar surface area (TPSA) is 16.1 Å². The van der Waals surface area contributed by atoms with Gasteiger partial charge in [0.1, 0.15) is 0 Å². The minimum Gasteiger partial charge on any atom is -0.289 e. The molecule has 3 rings (SSSR count). The zero-order valence-corrected chi connectivity index (χ0v) is 10.6. The van der Waals surface area contributed by atoms with Crippen molar-refractivity contribution in [1.29, 1.82) is 0 Å². The van der Waals surface area contributed by atoms with Crippen LogP contribution >= 0.6 is 11.3 Å². The Bertz CT molecular complexity index is 448. The molecule has 17 heavy (non-hydrogen) atoms. The second-order valence-electron chi connectivity index (χ2n) is 4.54. The van der Waals surface area contributed by atoms with Crippen LogP contribution in [0.25, 0.3) is 0 Å². The Hall–Kier alpha value is -1.19. The van der Waals surface area contributed by atoms with E-state index in [4.69, 9.17) is 0 Å². The van der Waals surface area contributed by atoms with Crippen LogP contribution in [0, 0.1) is 0 Å². The second-order valence-corrected chi connectivity index (χ2v) is 5.57. The standard InChI is InChI=1S/C14H16N2S/c1-2-8-15-12(4-1)10-16(13-6-7-13)11-14-5-3-9-17-14/h1-5,8-9,13H,6-7,10-11H2. The zero-order valence-electron chi connectivity index (χ0n) is 9.75. The molecule has 0 unspecified atom stereocenters. The van der Waals surface area contributed by atoms with Gasteiger partial charge in [-0.1, -0.05) is 12.1 Å². The minimum atomic E-state index is 0.777. The lowest BCUT2D eigenvalue weighted by Gasteiger charge is -2.20. The molecule has 1 aliphatic rings. The fourth-order valence-electron chi connectivity index (χ4n) is 2.06. The Morgan fingerprint density at radius 3 is 2.76 bits per heavy atom. The van der Waals surface area contributed by atoms with Gasteiger partial charge in [0.15, 0.2) is 0 Å². The predicted octanol–water partition coefficient (Wildman–Crippen LogP) is 3.31. The van der Waals surface area contributed by atoms with Crippen molar-refractivity contribution in [2.45, 2.75) is 32.0 Å². The van der Waals surface area contributed by atoms with Gasteiger partial charge in [-0.15, -0.1) is 11.3 Å². The van der Waals surface area contributed by atoms with Crippen LogP contribution in [0.2, 0.25) is 0 Å². The normalized spacial score (nSPS) is 15.4. The molecule has 0 aliphatic heterocycles. The number of hydrogen-bond donors (Lipinski definition) is 0. The van der Waals surface area contributed by atoms with Crippen LogP contribution in [0.1, 0.15) is 23.4 Å². The molecule has 0 radical (unpaired) electrons.